The van der Waals surface area contributed by atoms with E-state index < -0.39 is 17.7 Å². The number of nitrogens with two attached hydrogens (primary N) is 1. The first-order valence-corrected chi connectivity index (χ1v) is 5.13. The van der Waals surface area contributed by atoms with Crippen molar-refractivity contribution in [2.75, 3.05) is 0 Å². The molecule has 0 saturated carbocycles. The lowest BCUT2D eigenvalue weighted by molar-refractivity contribution is 0.453. The molecule has 0 heterocycles. The second kappa shape index (κ2) is 4.36. The molecule has 2 N–H and O–H groups in total. The molecule has 0 saturated heterocycles. The van der Waals surface area contributed by atoms with Gasteiger partial charge in [-0.25, -0.2) is 8.78 Å². The van der Waals surface area contributed by atoms with Gasteiger partial charge in [0.05, 0.1) is 4.47 Å². The molecule has 1 rings (SSSR count). The maximum Gasteiger partial charge on any atom is 0.145 e. The third-order valence-electron chi connectivity index (χ3n) is 2.13. The minimum absolute atomic E-state index is 0.00620. The highest BCUT2D eigenvalue weighted by atomic mass is 79.9. The molecule has 0 spiro atoms. The molecule has 0 aliphatic rings. The van der Waals surface area contributed by atoms with Gasteiger partial charge in [-0.15, -0.1) is 0 Å². The molecule has 78 valence electrons. The van der Waals surface area contributed by atoms with E-state index in [1.165, 1.54) is 12.1 Å². The van der Waals surface area contributed by atoms with Gasteiger partial charge in [-0.05, 0) is 34.0 Å². The first-order valence-electron chi connectivity index (χ1n) is 4.34. The minimum Gasteiger partial charge on any atom is -0.324 e. The van der Waals surface area contributed by atoms with Gasteiger partial charge < -0.3 is 5.73 Å². The minimum atomic E-state index is -0.618. The van der Waals surface area contributed by atoms with E-state index in [1.54, 1.807) is 0 Å². The summed E-state index contributed by atoms with van der Waals surface area (Å²) in [5.74, 6) is -1.20. The van der Waals surface area contributed by atoms with Crippen LogP contribution in [0.3, 0.4) is 0 Å². The van der Waals surface area contributed by atoms with E-state index in [-0.39, 0.29) is 16.0 Å². The number of rotatable bonds is 2. The van der Waals surface area contributed by atoms with Crippen molar-refractivity contribution in [2.24, 2.45) is 11.7 Å². The quantitative estimate of drug-likeness (QED) is 0.814. The van der Waals surface area contributed by atoms with E-state index in [9.17, 15) is 8.78 Å². The fraction of sp³-hybridized carbons (Fsp3) is 0.400. The smallest absolute Gasteiger partial charge is 0.145 e. The molecule has 0 unspecified atom stereocenters. The van der Waals surface area contributed by atoms with Crippen molar-refractivity contribution < 1.29 is 8.78 Å². The van der Waals surface area contributed by atoms with E-state index in [4.69, 9.17) is 5.73 Å². The number of benzene rings is 1. The van der Waals surface area contributed by atoms with Gasteiger partial charge in [0, 0.05) is 11.6 Å². The summed E-state index contributed by atoms with van der Waals surface area (Å²) in [7, 11) is 0. The van der Waals surface area contributed by atoms with Crippen molar-refractivity contribution in [3.05, 3.63) is 33.8 Å². The maximum atomic E-state index is 13.5. The molecule has 0 aliphatic heterocycles. The molecular weight excluding hydrogens is 252 g/mol. The first kappa shape index (κ1) is 11.6. The number of halogens is 3. The Bertz CT molecular complexity index is 339. The van der Waals surface area contributed by atoms with Crippen molar-refractivity contribution in [3.63, 3.8) is 0 Å². The lowest BCUT2D eigenvalue weighted by Crippen LogP contribution is -2.20. The lowest BCUT2D eigenvalue weighted by Gasteiger charge is -2.17. The summed E-state index contributed by atoms with van der Waals surface area (Å²) in [6.07, 6.45) is 0. The summed E-state index contributed by atoms with van der Waals surface area (Å²) in [5, 5.41) is 0. The summed E-state index contributed by atoms with van der Waals surface area (Å²) in [5.41, 5.74) is 5.66. The molecular formula is C10H12BrF2N. The summed E-state index contributed by atoms with van der Waals surface area (Å²) in [6, 6.07) is 1.93. The van der Waals surface area contributed by atoms with Crippen LogP contribution in [0, 0.1) is 17.6 Å². The predicted molar refractivity (Wildman–Crippen MR) is 55.8 cm³/mol. The molecule has 0 radical (unpaired) electrons. The highest BCUT2D eigenvalue weighted by molar-refractivity contribution is 9.10. The van der Waals surface area contributed by atoms with E-state index in [0.29, 0.717) is 0 Å². The third kappa shape index (κ3) is 2.12. The number of hydrogen-bond acceptors (Lipinski definition) is 1. The standard InChI is InChI=1S/C10H12BrF2N/c1-5(2)10(14)8-7(12)4-3-6(11)9(8)13/h3-5,10H,14H2,1-2H3/t10-/m0/s1. The van der Waals surface area contributed by atoms with Crippen molar-refractivity contribution in [1.82, 2.24) is 0 Å². The normalized spacial score (nSPS) is 13.4. The van der Waals surface area contributed by atoms with Crippen molar-refractivity contribution in [1.29, 1.82) is 0 Å². The average molecular weight is 264 g/mol. The van der Waals surface area contributed by atoms with Crippen molar-refractivity contribution in [2.45, 2.75) is 19.9 Å². The Morgan fingerprint density at radius 2 is 1.86 bits per heavy atom. The first-order chi connectivity index (χ1) is 6.45. The second-order valence-corrected chi connectivity index (χ2v) is 4.38. The highest BCUT2D eigenvalue weighted by Gasteiger charge is 2.21. The van der Waals surface area contributed by atoms with Gasteiger partial charge in [-0.1, -0.05) is 13.8 Å². The fourth-order valence-electron chi connectivity index (χ4n) is 1.18. The SMILES string of the molecule is CC(C)[C@H](N)c1c(F)ccc(Br)c1F. The van der Waals surface area contributed by atoms with E-state index in [2.05, 4.69) is 15.9 Å². The van der Waals surface area contributed by atoms with Crippen LogP contribution in [0.15, 0.2) is 16.6 Å². The topological polar surface area (TPSA) is 26.0 Å². The summed E-state index contributed by atoms with van der Waals surface area (Å²) < 4.78 is 27.0. The van der Waals surface area contributed by atoms with Crippen LogP contribution in [0.1, 0.15) is 25.5 Å². The van der Waals surface area contributed by atoms with Gasteiger partial charge in [0.2, 0.25) is 0 Å². The van der Waals surface area contributed by atoms with E-state index in [0.717, 1.165) is 0 Å². The molecule has 4 heteroatoms. The van der Waals surface area contributed by atoms with Gasteiger partial charge in [0.1, 0.15) is 11.6 Å². The summed E-state index contributed by atoms with van der Waals surface area (Å²) >= 11 is 3.00. The van der Waals surface area contributed by atoms with E-state index in [1.807, 2.05) is 13.8 Å². The van der Waals surface area contributed by atoms with Crippen LogP contribution in [-0.4, -0.2) is 0 Å². The Morgan fingerprint density at radius 1 is 1.29 bits per heavy atom. The van der Waals surface area contributed by atoms with Crippen LogP contribution >= 0.6 is 15.9 Å². The second-order valence-electron chi connectivity index (χ2n) is 3.53. The molecule has 0 fully saturated rings. The molecule has 0 amide bonds. The van der Waals surface area contributed by atoms with Crippen LogP contribution in [0.25, 0.3) is 0 Å². The zero-order valence-corrected chi connectivity index (χ0v) is 9.61. The largest absolute Gasteiger partial charge is 0.324 e. The maximum absolute atomic E-state index is 13.5. The van der Waals surface area contributed by atoms with Crippen molar-refractivity contribution >= 4 is 15.9 Å². The van der Waals surface area contributed by atoms with Gasteiger partial charge >= 0.3 is 0 Å². The lowest BCUT2D eigenvalue weighted by atomic mass is 9.96. The molecule has 0 bridgehead atoms. The van der Waals surface area contributed by atoms with Gasteiger partial charge in [-0.3, -0.25) is 0 Å². The predicted octanol–water partition coefficient (Wildman–Crippen LogP) is 3.38. The number of hydrogen-bond donors (Lipinski definition) is 1. The molecule has 1 aromatic carbocycles. The Morgan fingerprint density at radius 3 is 2.36 bits per heavy atom. The van der Waals surface area contributed by atoms with Crippen LogP contribution in [0.2, 0.25) is 0 Å². The Balaban J connectivity index is 3.25. The molecule has 1 nitrogen and oxygen atoms in total. The molecule has 1 aromatic rings. The van der Waals surface area contributed by atoms with Crippen molar-refractivity contribution in [3.8, 4) is 0 Å². The van der Waals surface area contributed by atoms with Crippen LogP contribution in [0.5, 0.6) is 0 Å². The zero-order valence-electron chi connectivity index (χ0n) is 8.02. The summed E-state index contributed by atoms with van der Waals surface area (Å²) in [4.78, 5) is 0. The van der Waals surface area contributed by atoms with Gasteiger partial charge in [0.25, 0.3) is 0 Å². The Labute approximate surface area is 90.4 Å². The monoisotopic (exact) mass is 263 g/mol. The Hall–Kier alpha value is -0.480. The molecule has 0 aromatic heterocycles. The molecule has 14 heavy (non-hydrogen) atoms. The average Bonchev–Trinajstić information content (AvgIpc) is 2.12. The van der Waals surface area contributed by atoms with Gasteiger partial charge in [0.15, 0.2) is 0 Å². The highest BCUT2D eigenvalue weighted by Crippen LogP contribution is 2.28. The van der Waals surface area contributed by atoms with Crippen LogP contribution in [0.4, 0.5) is 8.78 Å². The Kier molecular flexibility index (Phi) is 3.61. The molecule has 0 aliphatic carbocycles. The zero-order chi connectivity index (χ0) is 10.9. The van der Waals surface area contributed by atoms with Crippen LogP contribution in [-0.2, 0) is 0 Å². The molecule has 1 atom stereocenters. The van der Waals surface area contributed by atoms with Crippen LogP contribution < -0.4 is 5.73 Å². The van der Waals surface area contributed by atoms with Gasteiger partial charge in [-0.2, -0.15) is 0 Å². The summed E-state index contributed by atoms with van der Waals surface area (Å²) in [6.45, 7) is 3.65. The van der Waals surface area contributed by atoms with E-state index >= 15 is 0 Å². The third-order valence-corrected chi connectivity index (χ3v) is 2.74. The fourth-order valence-corrected chi connectivity index (χ4v) is 1.53.